The highest BCUT2D eigenvalue weighted by atomic mass is 16.4. The van der Waals surface area contributed by atoms with Crippen LogP contribution in [0.2, 0.25) is 0 Å². The second-order valence-corrected chi connectivity index (χ2v) is 6.73. The number of carboxylic acid groups (broad SMARTS) is 1. The Bertz CT molecular complexity index is 730. The first-order valence-electron chi connectivity index (χ1n) is 8.41. The summed E-state index contributed by atoms with van der Waals surface area (Å²) < 4.78 is 0. The zero-order valence-corrected chi connectivity index (χ0v) is 14.1. The minimum Gasteiger partial charge on any atom is -0.478 e. The number of aromatic carboxylic acids is 1. The summed E-state index contributed by atoms with van der Waals surface area (Å²) in [6.45, 7) is 6.73. The zero-order chi connectivity index (χ0) is 17.1. The van der Waals surface area contributed by atoms with Gasteiger partial charge in [0.1, 0.15) is 0 Å². The third-order valence-corrected chi connectivity index (χ3v) is 4.64. The number of nitrogens with zero attached hydrogens (tertiary/aromatic N) is 3. The highest BCUT2D eigenvalue weighted by molar-refractivity contribution is 5.89. The second-order valence-electron chi connectivity index (χ2n) is 6.73. The Hall–Kier alpha value is -2.27. The molecule has 2 heterocycles. The lowest BCUT2D eigenvalue weighted by molar-refractivity contribution is 0.0697. The van der Waals surface area contributed by atoms with Crippen LogP contribution in [0.1, 0.15) is 36.3 Å². The summed E-state index contributed by atoms with van der Waals surface area (Å²) in [6, 6.07) is 7.43. The Kier molecular flexibility index (Phi) is 4.90. The van der Waals surface area contributed by atoms with Crippen molar-refractivity contribution < 1.29 is 9.90 Å². The number of hydrogen-bond donors (Lipinski definition) is 1. The normalized spacial score (nSPS) is 18.2. The van der Waals surface area contributed by atoms with E-state index in [1.165, 1.54) is 6.42 Å². The molecule has 1 N–H and O–H groups in total. The molecule has 0 amide bonds. The quantitative estimate of drug-likeness (QED) is 0.915. The number of aromatic nitrogens is 2. The van der Waals surface area contributed by atoms with Crippen molar-refractivity contribution in [3.05, 3.63) is 47.9 Å². The molecule has 1 fully saturated rings. The molecule has 1 aliphatic heterocycles. The largest absolute Gasteiger partial charge is 0.478 e. The van der Waals surface area contributed by atoms with Gasteiger partial charge in [-0.05, 0) is 51.3 Å². The van der Waals surface area contributed by atoms with Crippen LogP contribution in [0.4, 0.5) is 0 Å². The Morgan fingerprint density at radius 1 is 1.38 bits per heavy atom. The Balaban J connectivity index is 1.75. The Labute approximate surface area is 142 Å². The van der Waals surface area contributed by atoms with E-state index in [1.54, 1.807) is 24.4 Å². The smallest absolute Gasteiger partial charge is 0.335 e. The molecule has 126 valence electrons. The summed E-state index contributed by atoms with van der Waals surface area (Å²) in [7, 11) is 0. The maximum atomic E-state index is 11.1. The van der Waals surface area contributed by atoms with Gasteiger partial charge in [-0.25, -0.2) is 9.78 Å². The van der Waals surface area contributed by atoms with Gasteiger partial charge in [-0.2, -0.15) is 0 Å². The van der Waals surface area contributed by atoms with Gasteiger partial charge in [0.05, 0.1) is 23.1 Å². The van der Waals surface area contributed by atoms with Crippen molar-refractivity contribution in [2.24, 2.45) is 5.92 Å². The van der Waals surface area contributed by atoms with Crippen LogP contribution in [-0.4, -0.2) is 45.1 Å². The van der Waals surface area contributed by atoms with E-state index < -0.39 is 5.97 Å². The van der Waals surface area contributed by atoms with Gasteiger partial charge in [-0.1, -0.05) is 12.1 Å². The fourth-order valence-electron chi connectivity index (χ4n) is 3.25. The third kappa shape index (κ3) is 3.79. The van der Waals surface area contributed by atoms with Gasteiger partial charge < -0.3 is 10.0 Å². The molecule has 0 spiro atoms. The molecule has 1 saturated heterocycles. The summed E-state index contributed by atoms with van der Waals surface area (Å²) in [5.74, 6) is -0.317. The van der Waals surface area contributed by atoms with Crippen LogP contribution in [0.3, 0.4) is 0 Å². The van der Waals surface area contributed by atoms with E-state index in [9.17, 15) is 4.79 Å². The van der Waals surface area contributed by atoms with Gasteiger partial charge in [-0.15, -0.1) is 0 Å². The number of benzene rings is 1. The minimum atomic E-state index is -0.930. The van der Waals surface area contributed by atoms with E-state index in [0.29, 0.717) is 12.0 Å². The summed E-state index contributed by atoms with van der Waals surface area (Å²) >= 11 is 0. The lowest BCUT2D eigenvalue weighted by atomic mass is 10.0. The van der Waals surface area contributed by atoms with Crippen LogP contribution in [0.15, 0.2) is 36.7 Å². The highest BCUT2D eigenvalue weighted by Gasteiger charge is 2.24. The summed E-state index contributed by atoms with van der Waals surface area (Å²) in [5, 5.41) is 9.13. The molecule has 24 heavy (non-hydrogen) atoms. The predicted octanol–water partition coefficient (Wildman–Crippen LogP) is 3.11. The first-order chi connectivity index (χ1) is 11.5. The summed E-state index contributed by atoms with van der Waals surface area (Å²) in [5.41, 5.74) is 2.76. The number of carbonyl (C=O) groups is 1. The molecule has 3 rings (SSSR count). The molecule has 0 unspecified atom stereocenters. The van der Waals surface area contributed by atoms with Crippen LogP contribution in [0.5, 0.6) is 0 Å². The van der Waals surface area contributed by atoms with E-state index in [4.69, 9.17) is 10.1 Å². The molecule has 1 aromatic carbocycles. The van der Waals surface area contributed by atoms with Crippen molar-refractivity contribution in [1.82, 2.24) is 14.9 Å². The van der Waals surface area contributed by atoms with Crippen LogP contribution in [0, 0.1) is 5.92 Å². The molecule has 1 atom stereocenters. The number of carboxylic acids is 1. The van der Waals surface area contributed by atoms with Crippen LogP contribution >= 0.6 is 0 Å². The van der Waals surface area contributed by atoms with E-state index in [2.05, 4.69) is 23.7 Å². The predicted molar refractivity (Wildman–Crippen MR) is 92.9 cm³/mol. The first kappa shape index (κ1) is 16.6. The Morgan fingerprint density at radius 2 is 2.21 bits per heavy atom. The first-order valence-corrected chi connectivity index (χ1v) is 8.41. The van der Waals surface area contributed by atoms with Gasteiger partial charge >= 0.3 is 5.97 Å². The fraction of sp³-hybridized carbons (Fsp3) is 0.421. The molecule has 0 bridgehead atoms. The number of rotatable bonds is 5. The van der Waals surface area contributed by atoms with Crippen molar-refractivity contribution in [3.8, 4) is 11.3 Å². The molecule has 2 aromatic rings. The third-order valence-electron chi connectivity index (χ3n) is 4.64. The van der Waals surface area contributed by atoms with Crippen molar-refractivity contribution >= 4 is 5.97 Å². The Morgan fingerprint density at radius 3 is 2.92 bits per heavy atom. The lowest BCUT2D eigenvalue weighted by Gasteiger charge is -2.20. The monoisotopic (exact) mass is 325 g/mol. The van der Waals surface area contributed by atoms with Gasteiger partial charge in [0, 0.05) is 24.3 Å². The highest BCUT2D eigenvalue weighted by Crippen LogP contribution is 2.23. The molecular formula is C19H23N3O2. The number of likely N-dealkylation sites (tertiary alicyclic amines) is 1. The van der Waals surface area contributed by atoms with Crippen molar-refractivity contribution in [1.29, 1.82) is 0 Å². The maximum Gasteiger partial charge on any atom is 0.335 e. The summed E-state index contributed by atoms with van der Waals surface area (Å²) in [6.07, 6.45) is 5.63. The van der Waals surface area contributed by atoms with Gasteiger partial charge in [0.25, 0.3) is 0 Å². The molecule has 5 nitrogen and oxygen atoms in total. The van der Waals surface area contributed by atoms with Crippen molar-refractivity contribution in [2.75, 3.05) is 13.1 Å². The second kappa shape index (κ2) is 7.09. The van der Waals surface area contributed by atoms with Gasteiger partial charge in [0.2, 0.25) is 0 Å². The molecule has 5 heteroatoms. The summed E-state index contributed by atoms with van der Waals surface area (Å²) in [4.78, 5) is 22.6. The molecule has 1 aliphatic rings. The van der Waals surface area contributed by atoms with Gasteiger partial charge in [-0.3, -0.25) is 4.98 Å². The molecule has 0 saturated carbocycles. The van der Waals surface area contributed by atoms with E-state index in [1.807, 2.05) is 12.3 Å². The molecule has 0 aliphatic carbocycles. The van der Waals surface area contributed by atoms with Crippen molar-refractivity contribution in [3.63, 3.8) is 0 Å². The topological polar surface area (TPSA) is 66.3 Å². The minimum absolute atomic E-state index is 0.267. The van der Waals surface area contributed by atoms with Crippen LogP contribution < -0.4 is 0 Å². The standard InChI is InChI=1S/C19H23N3O2/c1-13(2)22-7-6-14(12-22)8-17-10-20-11-18(21-17)15-4-3-5-16(9-15)19(23)24/h3-5,9-11,13-14H,6-8,12H2,1-2H3,(H,23,24)/t14-/m1/s1. The van der Waals surface area contributed by atoms with E-state index in [-0.39, 0.29) is 5.56 Å². The van der Waals surface area contributed by atoms with E-state index in [0.717, 1.165) is 36.5 Å². The molecule has 0 radical (unpaired) electrons. The maximum absolute atomic E-state index is 11.1. The fourth-order valence-corrected chi connectivity index (χ4v) is 3.25. The number of hydrogen-bond acceptors (Lipinski definition) is 4. The average molecular weight is 325 g/mol. The lowest BCUT2D eigenvalue weighted by Crippen LogP contribution is -2.28. The van der Waals surface area contributed by atoms with Gasteiger partial charge in [0.15, 0.2) is 0 Å². The zero-order valence-electron chi connectivity index (χ0n) is 14.1. The SMILES string of the molecule is CC(C)N1CC[C@H](Cc2cncc(-c3cccc(C(=O)O)c3)n2)C1. The van der Waals surface area contributed by atoms with Crippen molar-refractivity contribution in [2.45, 2.75) is 32.7 Å². The average Bonchev–Trinajstić information content (AvgIpc) is 3.04. The van der Waals surface area contributed by atoms with Crippen LogP contribution in [-0.2, 0) is 6.42 Å². The molecular weight excluding hydrogens is 302 g/mol. The van der Waals surface area contributed by atoms with Crippen LogP contribution in [0.25, 0.3) is 11.3 Å². The molecule has 1 aromatic heterocycles. The van der Waals surface area contributed by atoms with E-state index >= 15 is 0 Å².